The van der Waals surface area contributed by atoms with Crippen LogP contribution in [0.2, 0.25) is 0 Å². The SMILES string of the molecule is c1ccc2oc(-c3ccc(N(c4ccc(-c5ccc6c(c5)sc5cncnc56)cc4)c4ccc(-c5nc6ccccc6o5)cc4)cc3)nc2c1. The lowest BCUT2D eigenvalue weighted by atomic mass is 10.0. The fraction of sp³-hybridized carbons (Fsp3) is 0. The number of hydrogen-bond donors (Lipinski definition) is 0. The molecule has 10 aromatic rings. The van der Waals surface area contributed by atoms with Gasteiger partial charge in [0.1, 0.15) is 17.4 Å². The van der Waals surface area contributed by atoms with E-state index in [9.17, 15) is 0 Å². The van der Waals surface area contributed by atoms with Crippen molar-refractivity contribution < 1.29 is 8.83 Å². The normalized spacial score (nSPS) is 11.6. The topological polar surface area (TPSA) is 81.1 Å². The van der Waals surface area contributed by atoms with E-state index in [0.29, 0.717) is 11.8 Å². The molecule has 6 aromatic carbocycles. The molecule has 0 aliphatic rings. The number of oxazole rings is 2. The van der Waals surface area contributed by atoms with Crippen LogP contribution in [0, 0.1) is 0 Å². The molecule has 0 unspecified atom stereocenters. The zero-order chi connectivity index (χ0) is 33.0. The second-order valence-corrected chi connectivity index (χ2v) is 13.1. The van der Waals surface area contributed by atoms with Crippen LogP contribution in [0.25, 0.3) is 76.5 Å². The lowest BCUT2D eigenvalue weighted by Crippen LogP contribution is -2.09. The Kier molecular flexibility index (Phi) is 6.53. The summed E-state index contributed by atoms with van der Waals surface area (Å²) >= 11 is 1.72. The molecule has 0 fully saturated rings. The number of hydrogen-bond acceptors (Lipinski definition) is 8. The van der Waals surface area contributed by atoms with Crippen LogP contribution in [-0.4, -0.2) is 19.9 Å². The Morgan fingerprint density at radius 1 is 0.500 bits per heavy atom. The zero-order valence-electron chi connectivity index (χ0n) is 26.4. The molecule has 0 spiro atoms. The van der Waals surface area contributed by atoms with E-state index in [4.69, 9.17) is 18.8 Å². The third-order valence-corrected chi connectivity index (χ3v) is 10.0. The molecule has 4 heterocycles. The molecule has 0 aliphatic heterocycles. The Morgan fingerprint density at radius 2 is 1.02 bits per heavy atom. The van der Waals surface area contributed by atoms with Gasteiger partial charge in [-0.25, -0.2) is 19.9 Å². The number of thiophene rings is 1. The molecule has 0 bridgehead atoms. The maximum atomic E-state index is 6.05. The van der Waals surface area contributed by atoms with E-state index < -0.39 is 0 Å². The van der Waals surface area contributed by atoms with Gasteiger partial charge >= 0.3 is 0 Å². The fourth-order valence-electron chi connectivity index (χ4n) is 6.44. The molecule has 0 atom stereocenters. The third kappa shape index (κ3) is 4.89. The van der Waals surface area contributed by atoms with Gasteiger partial charge in [-0.15, -0.1) is 11.3 Å². The van der Waals surface area contributed by atoms with Crippen molar-refractivity contribution in [3.8, 4) is 34.0 Å². The molecule has 236 valence electrons. The quantitative estimate of drug-likeness (QED) is 0.175. The van der Waals surface area contributed by atoms with Gasteiger partial charge in [-0.2, -0.15) is 0 Å². The highest BCUT2D eigenvalue weighted by Gasteiger charge is 2.16. The van der Waals surface area contributed by atoms with Crippen molar-refractivity contribution in [1.29, 1.82) is 0 Å². The Bertz CT molecular complexity index is 2640. The highest BCUT2D eigenvalue weighted by molar-refractivity contribution is 7.25. The summed E-state index contributed by atoms with van der Waals surface area (Å²) in [6.07, 6.45) is 3.50. The van der Waals surface area contributed by atoms with Gasteiger partial charge in [0.25, 0.3) is 0 Å². The summed E-state index contributed by atoms with van der Waals surface area (Å²) in [5.41, 5.74) is 11.4. The van der Waals surface area contributed by atoms with Crippen molar-refractivity contribution in [2.24, 2.45) is 0 Å². The first kappa shape index (κ1) is 28.4. The minimum Gasteiger partial charge on any atom is -0.436 e. The Labute approximate surface area is 289 Å². The first-order valence-electron chi connectivity index (χ1n) is 16.2. The number of para-hydroxylation sites is 4. The molecule has 0 N–H and O–H groups in total. The molecule has 0 saturated heterocycles. The van der Waals surface area contributed by atoms with Crippen LogP contribution in [0.15, 0.2) is 161 Å². The molecule has 8 heteroatoms. The summed E-state index contributed by atoms with van der Waals surface area (Å²) in [4.78, 5) is 20.3. The van der Waals surface area contributed by atoms with Gasteiger partial charge in [-0.3, -0.25) is 0 Å². The lowest BCUT2D eigenvalue weighted by molar-refractivity contribution is 0.619. The number of aromatic nitrogens is 4. The van der Waals surface area contributed by atoms with Crippen molar-refractivity contribution >= 4 is 70.9 Å². The van der Waals surface area contributed by atoms with Gasteiger partial charge in [0.15, 0.2) is 11.2 Å². The third-order valence-electron chi connectivity index (χ3n) is 8.93. The van der Waals surface area contributed by atoms with Gasteiger partial charge < -0.3 is 13.7 Å². The summed E-state index contributed by atoms with van der Waals surface area (Å²) in [7, 11) is 0. The molecule has 0 aliphatic carbocycles. The Morgan fingerprint density at radius 3 is 1.58 bits per heavy atom. The number of benzene rings is 6. The molecular weight excluding hydrogens is 639 g/mol. The molecule has 7 nitrogen and oxygen atoms in total. The predicted octanol–water partition coefficient (Wildman–Crippen LogP) is 11.6. The van der Waals surface area contributed by atoms with Gasteiger partial charge in [0.2, 0.25) is 11.8 Å². The molecule has 4 aromatic heterocycles. The van der Waals surface area contributed by atoms with E-state index in [0.717, 1.165) is 77.1 Å². The first-order chi connectivity index (χ1) is 24.7. The van der Waals surface area contributed by atoms with Crippen LogP contribution in [0.3, 0.4) is 0 Å². The summed E-state index contributed by atoms with van der Waals surface area (Å²) < 4.78 is 14.4. The summed E-state index contributed by atoms with van der Waals surface area (Å²) in [5, 5.41) is 1.15. The molecule has 10 rings (SSSR count). The minimum atomic E-state index is 0.596. The van der Waals surface area contributed by atoms with Crippen molar-refractivity contribution in [2.45, 2.75) is 0 Å². The van der Waals surface area contributed by atoms with Gasteiger partial charge in [-0.05, 0) is 102 Å². The second kappa shape index (κ2) is 11.5. The van der Waals surface area contributed by atoms with E-state index >= 15 is 0 Å². The van der Waals surface area contributed by atoms with Crippen LogP contribution < -0.4 is 4.90 Å². The van der Waals surface area contributed by atoms with Crippen molar-refractivity contribution in [2.75, 3.05) is 4.90 Å². The first-order valence-corrected chi connectivity index (χ1v) is 17.0. The van der Waals surface area contributed by atoms with Crippen molar-refractivity contribution in [3.63, 3.8) is 0 Å². The lowest BCUT2D eigenvalue weighted by Gasteiger charge is -2.26. The van der Waals surface area contributed by atoms with E-state index in [1.165, 1.54) is 4.70 Å². The van der Waals surface area contributed by atoms with E-state index in [1.807, 2.05) is 54.7 Å². The second-order valence-electron chi connectivity index (χ2n) is 12.0. The minimum absolute atomic E-state index is 0.596. The number of fused-ring (bicyclic) bond motifs is 5. The summed E-state index contributed by atoms with van der Waals surface area (Å²) in [6.45, 7) is 0. The van der Waals surface area contributed by atoms with Gasteiger partial charge in [-0.1, -0.05) is 48.5 Å². The summed E-state index contributed by atoms with van der Waals surface area (Å²) in [5.74, 6) is 1.19. The zero-order valence-corrected chi connectivity index (χ0v) is 27.2. The van der Waals surface area contributed by atoms with Crippen molar-refractivity contribution in [1.82, 2.24) is 19.9 Å². The van der Waals surface area contributed by atoms with Gasteiger partial charge in [0.05, 0.1) is 10.2 Å². The maximum Gasteiger partial charge on any atom is 0.227 e. The highest BCUT2D eigenvalue weighted by atomic mass is 32.1. The Balaban J connectivity index is 1.02. The van der Waals surface area contributed by atoms with Crippen LogP contribution in [0.5, 0.6) is 0 Å². The maximum absolute atomic E-state index is 6.05. The monoisotopic (exact) mass is 663 g/mol. The fourth-order valence-corrected chi connectivity index (χ4v) is 7.51. The number of nitrogens with zero attached hydrogens (tertiary/aromatic N) is 5. The highest BCUT2D eigenvalue weighted by Crippen LogP contribution is 2.39. The van der Waals surface area contributed by atoms with Crippen LogP contribution in [-0.2, 0) is 0 Å². The van der Waals surface area contributed by atoms with E-state index in [2.05, 4.69) is 106 Å². The predicted molar refractivity (Wildman–Crippen MR) is 201 cm³/mol. The molecular formula is C42H25N5O2S. The summed E-state index contributed by atoms with van der Waals surface area (Å²) in [6, 6.07) is 47.5. The smallest absolute Gasteiger partial charge is 0.227 e. The number of anilines is 3. The number of rotatable bonds is 6. The van der Waals surface area contributed by atoms with Crippen molar-refractivity contribution in [3.05, 3.63) is 152 Å². The van der Waals surface area contributed by atoms with Gasteiger partial charge in [0, 0.05) is 44.5 Å². The Hall–Kier alpha value is -6.64. The molecule has 0 saturated carbocycles. The van der Waals surface area contributed by atoms with Crippen LogP contribution in [0.4, 0.5) is 17.1 Å². The van der Waals surface area contributed by atoms with E-state index in [1.54, 1.807) is 17.7 Å². The standard InChI is InChI=1S/C42H25N5O2S/c1-3-7-36-34(5-1)45-41(48-36)27-11-18-31(19-12-27)47(32-20-13-28(14-21-32)42-46-35-6-2-4-8-37(35)49-42)30-16-9-26(10-17-30)29-15-22-33-38(23-29)50-39-24-43-25-44-40(33)39/h1-25H. The molecule has 0 amide bonds. The largest absolute Gasteiger partial charge is 0.436 e. The molecule has 50 heavy (non-hydrogen) atoms. The average molecular weight is 664 g/mol. The van der Waals surface area contributed by atoms with Crippen LogP contribution >= 0.6 is 11.3 Å². The van der Waals surface area contributed by atoms with E-state index in [-0.39, 0.29) is 0 Å². The van der Waals surface area contributed by atoms with Crippen LogP contribution in [0.1, 0.15) is 0 Å². The average Bonchev–Trinajstić information content (AvgIpc) is 3.91. The molecule has 0 radical (unpaired) electrons.